The van der Waals surface area contributed by atoms with Gasteiger partial charge < -0.3 is 25.7 Å². The first-order chi connectivity index (χ1) is 27.1. The minimum atomic E-state index is -1.06. The number of aryl methyl sites for hydroxylation is 2. The number of fused-ring (bicyclic) bond motifs is 2. The number of carboxylic acid groups (broad SMARTS) is 2. The molecule has 5 N–H and O–H groups in total. The number of para-hydroxylation sites is 2. The third-order valence-electron chi connectivity index (χ3n) is 9.24. The molecule has 0 spiro atoms. The molecule has 0 fully saturated rings. The molecule has 0 unspecified atom stereocenters. The van der Waals surface area contributed by atoms with Crippen LogP contribution in [0.4, 0.5) is 11.4 Å². The second kappa shape index (κ2) is 17.1. The zero-order valence-corrected chi connectivity index (χ0v) is 31.7. The third-order valence-corrected chi connectivity index (χ3v) is 9.24. The summed E-state index contributed by atoms with van der Waals surface area (Å²) in [5.41, 5.74) is 4.89. The minimum Gasteiger partial charge on any atom is -0.493 e. The maximum absolute atomic E-state index is 11.7. The van der Waals surface area contributed by atoms with Crippen molar-refractivity contribution in [3.63, 3.8) is 0 Å². The fraction of sp³-hybridized carbons (Fsp3) is 0.0682. The monoisotopic (exact) mass is 803 g/mol. The Morgan fingerprint density at radius 3 is 1.63 bits per heavy atom. The van der Waals surface area contributed by atoms with Gasteiger partial charge in [-0.25, -0.2) is 19.0 Å². The number of aliphatic imine (C=N–C) groups is 1. The van der Waals surface area contributed by atoms with E-state index in [1.807, 2.05) is 122 Å². The van der Waals surface area contributed by atoms with Crippen molar-refractivity contribution in [2.45, 2.75) is 20.4 Å². The van der Waals surface area contributed by atoms with Crippen molar-refractivity contribution < 1.29 is 46.8 Å². The number of hydrogen-bond acceptors (Lipinski definition) is 8. The van der Waals surface area contributed by atoms with Gasteiger partial charge in [0.05, 0.1) is 50.7 Å². The van der Waals surface area contributed by atoms with Crippen LogP contribution in [-0.2, 0) is 23.3 Å². The van der Waals surface area contributed by atoms with Crippen LogP contribution in [0.15, 0.2) is 138 Å². The van der Waals surface area contributed by atoms with Gasteiger partial charge in [0.1, 0.15) is 0 Å². The van der Waals surface area contributed by atoms with Crippen molar-refractivity contribution in [1.29, 1.82) is 0 Å². The van der Waals surface area contributed by atoms with E-state index < -0.39 is 11.9 Å². The van der Waals surface area contributed by atoms with E-state index in [9.17, 15) is 30.0 Å². The van der Waals surface area contributed by atoms with Gasteiger partial charge in [-0.1, -0.05) is 84.9 Å². The summed E-state index contributed by atoms with van der Waals surface area (Å²) in [6.07, 6.45) is 1.45. The molecular formula is C44H36CoN6O6. The number of nitrogens with one attached hydrogen (secondary N) is 1. The average Bonchev–Trinajstić information content (AvgIpc) is 3.67. The second-order valence-electron chi connectivity index (χ2n) is 12.9. The molecule has 0 aliphatic rings. The number of hydrogen-bond donors (Lipinski definition) is 5. The van der Waals surface area contributed by atoms with Gasteiger partial charge in [-0.3, -0.25) is 4.99 Å². The summed E-state index contributed by atoms with van der Waals surface area (Å²) in [5, 5.41) is 55.8. The largest absolute Gasteiger partial charge is 0.493 e. The van der Waals surface area contributed by atoms with E-state index in [1.54, 1.807) is 25.1 Å². The first kappa shape index (κ1) is 39.5. The summed E-state index contributed by atoms with van der Waals surface area (Å²) in [4.78, 5) is 27.7. The van der Waals surface area contributed by atoms with Crippen LogP contribution in [0.25, 0.3) is 32.9 Å². The van der Waals surface area contributed by atoms with Crippen molar-refractivity contribution >= 4 is 51.1 Å². The Morgan fingerprint density at radius 2 is 1.09 bits per heavy atom. The molecule has 2 aromatic heterocycles. The summed E-state index contributed by atoms with van der Waals surface area (Å²) >= 11 is 0. The van der Waals surface area contributed by atoms with Crippen LogP contribution >= 0.6 is 0 Å². The Balaban J connectivity index is 0.000000189. The smallest absolute Gasteiger partial charge is 0.337 e. The molecule has 1 radical (unpaired) electrons. The van der Waals surface area contributed by atoms with Gasteiger partial charge in [-0.15, -0.1) is 0 Å². The quantitative estimate of drug-likeness (QED) is 0.0893. The predicted octanol–water partition coefficient (Wildman–Crippen LogP) is 8.84. The van der Waals surface area contributed by atoms with Crippen molar-refractivity contribution in [3.05, 3.63) is 167 Å². The van der Waals surface area contributed by atoms with Gasteiger partial charge in [-0.05, 0) is 83.9 Å². The van der Waals surface area contributed by atoms with Gasteiger partial charge in [0.15, 0.2) is 0 Å². The summed E-state index contributed by atoms with van der Waals surface area (Å²) in [5.74, 6) is -2.08. The maximum atomic E-state index is 11.7. The fourth-order valence-electron chi connectivity index (χ4n) is 6.32. The average molecular weight is 804 g/mol. The molecule has 0 aliphatic heterocycles. The number of carboxylic acids is 2. The SMILES string of the molecule is Cc1nn(-c2ccccc2)c(O)c1C=Nc1cc2ccccc2cc1C(=O)O.Cc1nn(-c2ccccc2)c(O)c1CNc1cc2ccccc2cc1C(=O)O.[Co]. The van der Waals surface area contributed by atoms with Gasteiger partial charge in [-0.2, -0.15) is 10.2 Å². The fourth-order valence-corrected chi connectivity index (χ4v) is 6.32. The van der Waals surface area contributed by atoms with Crippen molar-refractivity contribution in [2.24, 2.45) is 4.99 Å². The van der Waals surface area contributed by atoms with Crippen LogP contribution in [0, 0.1) is 13.8 Å². The first-order valence-electron chi connectivity index (χ1n) is 17.6. The summed E-state index contributed by atoms with van der Waals surface area (Å²) in [6.45, 7) is 3.83. The number of nitrogens with zero attached hydrogens (tertiary/aromatic N) is 5. The molecule has 0 bridgehead atoms. The molecule has 6 aromatic carbocycles. The molecule has 2 heterocycles. The summed E-state index contributed by atoms with van der Waals surface area (Å²) < 4.78 is 2.90. The molecule has 8 aromatic rings. The summed E-state index contributed by atoms with van der Waals surface area (Å²) in [6, 6.07) is 40.5. The van der Waals surface area contributed by atoms with Crippen LogP contribution in [-0.4, -0.2) is 58.1 Å². The number of anilines is 1. The van der Waals surface area contributed by atoms with Gasteiger partial charge in [0.2, 0.25) is 11.8 Å². The van der Waals surface area contributed by atoms with Gasteiger partial charge >= 0.3 is 11.9 Å². The standard InChI is InChI=1S/C22H19N3O3.C22H17N3O3.Co/c2*1-14-19(21(26)25(24-14)17-9-3-2-4-10-17)13-23-20-12-16-8-6-5-7-15(16)11-18(20)22(27)28;/h2-12,23,26H,13H2,1H3,(H,27,28);2-13,26H,1H3,(H,27,28);. The Bertz CT molecular complexity index is 2760. The van der Waals surface area contributed by atoms with Gasteiger partial charge in [0, 0.05) is 35.2 Å². The van der Waals surface area contributed by atoms with E-state index in [0.29, 0.717) is 33.9 Å². The van der Waals surface area contributed by atoms with Crippen LogP contribution in [0.5, 0.6) is 11.8 Å². The summed E-state index contributed by atoms with van der Waals surface area (Å²) in [7, 11) is 0. The molecule has 0 aliphatic carbocycles. The molecule has 0 amide bonds. The molecule has 12 nitrogen and oxygen atoms in total. The van der Waals surface area contributed by atoms with E-state index in [-0.39, 0.29) is 46.2 Å². The number of aromatic nitrogens is 4. The molecule has 0 atom stereocenters. The normalized spacial score (nSPS) is 10.9. The van der Waals surface area contributed by atoms with Crippen LogP contribution in [0.1, 0.15) is 43.2 Å². The number of benzene rings is 6. The van der Waals surface area contributed by atoms with Crippen LogP contribution < -0.4 is 5.32 Å². The Hall–Kier alpha value is -7.22. The van der Waals surface area contributed by atoms with E-state index >= 15 is 0 Å². The number of carbonyl (C=O) groups is 2. The van der Waals surface area contributed by atoms with Crippen molar-refractivity contribution in [2.75, 3.05) is 5.32 Å². The maximum Gasteiger partial charge on any atom is 0.337 e. The molecule has 8 rings (SSSR count). The van der Waals surface area contributed by atoms with Crippen LogP contribution in [0.3, 0.4) is 0 Å². The third kappa shape index (κ3) is 8.39. The van der Waals surface area contributed by atoms with Crippen molar-refractivity contribution in [3.8, 4) is 23.1 Å². The van der Waals surface area contributed by atoms with Gasteiger partial charge in [0.25, 0.3) is 0 Å². The predicted molar refractivity (Wildman–Crippen MR) is 216 cm³/mol. The molecule has 0 saturated heterocycles. The second-order valence-corrected chi connectivity index (χ2v) is 12.9. The zero-order valence-electron chi connectivity index (χ0n) is 30.7. The molecule has 13 heteroatoms. The Morgan fingerprint density at radius 1 is 0.632 bits per heavy atom. The number of rotatable bonds is 9. The Kier molecular flexibility index (Phi) is 11.8. The van der Waals surface area contributed by atoms with Crippen LogP contribution in [0.2, 0.25) is 0 Å². The van der Waals surface area contributed by atoms with E-state index in [1.165, 1.54) is 15.6 Å². The zero-order chi connectivity index (χ0) is 39.3. The topological polar surface area (TPSA) is 175 Å². The minimum absolute atomic E-state index is 0. The number of aromatic hydroxyl groups is 2. The van der Waals surface area contributed by atoms with E-state index in [0.717, 1.165) is 32.9 Å². The molecule has 57 heavy (non-hydrogen) atoms. The first-order valence-corrected chi connectivity index (χ1v) is 17.6. The molecule has 287 valence electrons. The number of aromatic carboxylic acids is 2. The van der Waals surface area contributed by atoms with E-state index in [4.69, 9.17) is 0 Å². The molecular weight excluding hydrogens is 767 g/mol. The van der Waals surface area contributed by atoms with E-state index in [2.05, 4.69) is 20.5 Å². The van der Waals surface area contributed by atoms with Crippen molar-refractivity contribution in [1.82, 2.24) is 19.6 Å². The Labute approximate surface area is 337 Å². The molecule has 0 saturated carbocycles.